The zero-order valence-electron chi connectivity index (χ0n) is 13.9. The van der Waals surface area contributed by atoms with Crippen LogP contribution in [0.15, 0.2) is 24.3 Å². The van der Waals surface area contributed by atoms with Crippen molar-refractivity contribution in [3.63, 3.8) is 0 Å². The fourth-order valence-electron chi connectivity index (χ4n) is 3.37. The summed E-state index contributed by atoms with van der Waals surface area (Å²) in [5.41, 5.74) is 2.49. The van der Waals surface area contributed by atoms with E-state index in [0.29, 0.717) is 19.0 Å². The van der Waals surface area contributed by atoms with Crippen LogP contribution in [-0.2, 0) is 11.3 Å². The first-order valence-electron chi connectivity index (χ1n) is 8.35. The average molecular weight is 312 g/mol. The summed E-state index contributed by atoms with van der Waals surface area (Å²) in [6, 6.07) is 8.39. The van der Waals surface area contributed by atoms with Gasteiger partial charge in [-0.1, -0.05) is 38.1 Å². The standard InChI is InChI=1S/C18H24N4O/c1-14(2)16-5-3-15(4-6-16)11-22-10-9-21-8-7-20(13-19)12-17(21)18(22)23/h3-6,14,17H,7-12H2,1-2H3. The highest BCUT2D eigenvalue weighted by Crippen LogP contribution is 2.20. The predicted molar refractivity (Wildman–Crippen MR) is 88.5 cm³/mol. The Morgan fingerprint density at radius 3 is 2.52 bits per heavy atom. The number of nitriles is 1. The van der Waals surface area contributed by atoms with Crippen molar-refractivity contribution in [2.24, 2.45) is 0 Å². The highest BCUT2D eigenvalue weighted by atomic mass is 16.2. The summed E-state index contributed by atoms with van der Waals surface area (Å²) < 4.78 is 0. The van der Waals surface area contributed by atoms with Crippen molar-refractivity contribution in [3.05, 3.63) is 35.4 Å². The van der Waals surface area contributed by atoms with Crippen LogP contribution in [0.4, 0.5) is 0 Å². The third-order valence-electron chi connectivity index (χ3n) is 4.91. The van der Waals surface area contributed by atoms with E-state index in [4.69, 9.17) is 5.26 Å². The monoisotopic (exact) mass is 312 g/mol. The molecule has 0 N–H and O–H groups in total. The van der Waals surface area contributed by atoms with E-state index >= 15 is 0 Å². The average Bonchev–Trinajstić information content (AvgIpc) is 2.57. The van der Waals surface area contributed by atoms with Crippen LogP contribution >= 0.6 is 0 Å². The number of amides is 1. The summed E-state index contributed by atoms with van der Waals surface area (Å²) in [5, 5.41) is 9.07. The van der Waals surface area contributed by atoms with Gasteiger partial charge in [-0.15, -0.1) is 0 Å². The molecule has 0 aliphatic carbocycles. The van der Waals surface area contributed by atoms with Crippen molar-refractivity contribution in [1.82, 2.24) is 14.7 Å². The number of rotatable bonds is 3. The summed E-state index contributed by atoms with van der Waals surface area (Å²) in [6.45, 7) is 8.77. The molecule has 2 aliphatic heterocycles. The molecule has 2 aliphatic rings. The van der Waals surface area contributed by atoms with Crippen molar-refractivity contribution in [2.75, 3.05) is 32.7 Å². The SMILES string of the molecule is CC(C)c1ccc(CN2CCN3CCN(C#N)CC3C2=O)cc1. The summed E-state index contributed by atoms with van der Waals surface area (Å²) >= 11 is 0. The van der Waals surface area contributed by atoms with E-state index in [2.05, 4.69) is 49.2 Å². The van der Waals surface area contributed by atoms with Crippen molar-refractivity contribution in [2.45, 2.75) is 32.4 Å². The largest absolute Gasteiger partial charge is 0.336 e. The van der Waals surface area contributed by atoms with E-state index in [1.54, 1.807) is 4.90 Å². The molecular weight excluding hydrogens is 288 g/mol. The lowest BCUT2D eigenvalue weighted by molar-refractivity contribution is -0.145. The molecule has 122 valence electrons. The predicted octanol–water partition coefficient (Wildman–Crippen LogP) is 1.62. The van der Waals surface area contributed by atoms with Gasteiger partial charge < -0.3 is 9.80 Å². The van der Waals surface area contributed by atoms with E-state index in [-0.39, 0.29) is 11.9 Å². The number of fused-ring (bicyclic) bond motifs is 1. The molecule has 2 fully saturated rings. The molecule has 5 nitrogen and oxygen atoms in total. The maximum Gasteiger partial charge on any atom is 0.242 e. The van der Waals surface area contributed by atoms with Crippen LogP contribution in [0.1, 0.15) is 30.9 Å². The first kappa shape index (κ1) is 15.8. The van der Waals surface area contributed by atoms with E-state index in [1.807, 2.05) is 4.90 Å². The van der Waals surface area contributed by atoms with Crippen LogP contribution in [0.3, 0.4) is 0 Å². The smallest absolute Gasteiger partial charge is 0.242 e. The van der Waals surface area contributed by atoms with Gasteiger partial charge in [-0.05, 0) is 17.0 Å². The van der Waals surface area contributed by atoms with Crippen molar-refractivity contribution in [3.8, 4) is 6.19 Å². The molecule has 0 spiro atoms. The summed E-state index contributed by atoms with van der Waals surface area (Å²) in [7, 11) is 0. The number of carbonyl (C=O) groups excluding carboxylic acids is 1. The number of hydrogen-bond donors (Lipinski definition) is 0. The maximum atomic E-state index is 12.7. The lowest BCUT2D eigenvalue weighted by Gasteiger charge is -2.45. The van der Waals surface area contributed by atoms with Crippen molar-refractivity contribution in [1.29, 1.82) is 5.26 Å². The summed E-state index contributed by atoms with van der Waals surface area (Å²) in [4.78, 5) is 18.6. The van der Waals surface area contributed by atoms with Gasteiger partial charge in [0, 0.05) is 32.7 Å². The molecule has 3 rings (SSSR count). The van der Waals surface area contributed by atoms with E-state index < -0.39 is 0 Å². The molecule has 1 amide bonds. The molecule has 1 atom stereocenters. The van der Waals surface area contributed by atoms with Gasteiger partial charge in [0.2, 0.25) is 5.91 Å². The lowest BCUT2D eigenvalue weighted by atomic mass is 10.0. The van der Waals surface area contributed by atoms with Gasteiger partial charge in [0.25, 0.3) is 0 Å². The van der Waals surface area contributed by atoms with Gasteiger partial charge in [0.1, 0.15) is 6.04 Å². The fraction of sp³-hybridized carbons (Fsp3) is 0.556. The molecule has 1 aromatic carbocycles. The molecule has 5 heteroatoms. The molecule has 0 aromatic heterocycles. The zero-order valence-corrected chi connectivity index (χ0v) is 13.9. The van der Waals surface area contributed by atoms with E-state index in [1.165, 1.54) is 11.1 Å². The number of hydrogen-bond acceptors (Lipinski definition) is 4. The lowest BCUT2D eigenvalue weighted by Crippen LogP contribution is -2.63. The Kier molecular flexibility index (Phi) is 4.53. The Labute approximate surface area is 138 Å². The van der Waals surface area contributed by atoms with Gasteiger partial charge in [-0.3, -0.25) is 9.69 Å². The van der Waals surface area contributed by atoms with Crippen LogP contribution in [-0.4, -0.2) is 59.4 Å². The molecular formula is C18H24N4O. The number of piperazine rings is 2. The second-order valence-electron chi connectivity index (χ2n) is 6.75. The van der Waals surface area contributed by atoms with E-state index in [9.17, 15) is 4.79 Å². The Bertz CT molecular complexity index is 604. The first-order valence-corrected chi connectivity index (χ1v) is 8.35. The van der Waals surface area contributed by atoms with Crippen LogP contribution in [0.2, 0.25) is 0 Å². The quantitative estimate of drug-likeness (QED) is 0.796. The fourth-order valence-corrected chi connectivity index (χ4v) is 3.37. The Hall–Kier alpha value is -2.06. The number of benzene rings is 1. The highest BCUT2D eigenvalue weighted by molar-refractivity contribution is 5.83. The summed E-state index contributed by atoms with van der Waals surface area (Å²) in [5.74, 6) is 0.678. The van der Waals surface area contributed by atoms with Crippen molar-refractivity contribution < 1.29 is 4.79 Å². The minimum Gasteiger partial charge on any atom is -0.336 e. The van der Waals surface area contributed by atoms with Gasteiger partial charge in [0.15, 0.2) is 6.19 Å². The minimum absolute atomic E-state index is 0.157. The Morgan fingerprint density at radius 1 is 1.17 bits per heavy atom. The third-order valence-corrected chi connectivity index (χ3v) is 4.91. The molecule has 2 heterocycles. The van der Waals surface area contributed by atoms with Gasteiger partial charge >= 0.3 is 0 Å². The molecule has 1 unspecified atom stereocenters. The molecule has 23 heavy (non-hydrogen) atoms. The molecule has 2 saturated heterocycles. The first-order chi connectivity index (χ1) is 11.1. The van der Waals surface area contributed by atoms with E-state index in [0.717, 1.165) is 26.2 Å². The van der Waals surface area contributed by atoms with Crippen LogP contribution in [0, 0.1) is 11.5 Å². The second-order valence-corrected chi connectivity index (χ2v) is 6.75. The Balaban J connectivity index is 1.67. The van der Waals surface area contributed by atoms with Crippen LogP contribution < -0.4 is 0 Å². The van der Waals surface area contributed by atoms with Gasteiger partial charge in [-0.25, -0.2) is 0 Å². The third kappa shape index (κ3) is 3.32. The topological polar surface area (TPSA) is 50.6 Å². The maximum absolute atomic E-state index is 12.7. The molecule has 0 radical (unpaired) electrons. The van der Waals surface area contributed by atoms with Gasteiger partial charge in [-0.2, -0.15) is 5.26 Å². The minimum atomic E-state index is -0.160. The number of carbonyl (C=O) groups is 1. The molecule has 0 bridgehead atoms. The normalized spacial score (nSPS) is 22.2. The van der Waals surface area contributed by atoms with Crippen LogP contribution in [0.25, 0.3) is 0 Å². The van der Waals surface area contributed by atoms with Crippen molar-refractivity contribution >= 4 is 5.91 Å². The highest BCUT2D eigenvalue weighted by Gasteiger charge is 2.38. The number of nitrogens with zero attached hydrogens (tertiary/aromatic N) is 4. The summed E-state index contributed by atoms with van der Waals surface area (Å²) in [6.07, 6.45) is 2.17. The second kappa shape index (κ2) is 6.59. The molecule has 1 aromatic rings. The molecule has 0 saturated carbocycles. The zero-order chi connectivity index (χ0) is 16.4. The Morgan fingerprint density at radius 2 is 1.87 bits per heavy atom. The van der Waals surface area contributed by atoms with Crippen LogP contribution in [0.5, 0.6) is 0 Å². The van der Waals surface area contributed by atoms with Gasteiger partial charge in [0.05, 0.1) is 6.54 Å².